The lowest BCUT2D eigenvalue weighted by molar-refractivity contribution is 0.0593. The first-order valence-electron chi connectivity index (χ1n) is 11.9. The van der Waals surface area contributed by atoms with Gasteiger partial charge in [-0.1, -0.05) is 0 Å². The Labute approximate surface area is 222 Å². The van der Waals surface area contributed by atoms with E-state index in [0.29, 0.717) is 43.1 Å². The van der Waals surface area contributed by atoms with Crippen molar-refractivity contribution in [3.05, 3.63) is 49.1 Å². The largest absolute Gasteiger partial charge is 0.464 e. The average Bonchev–Trinajstić information content (AvgIpc) is 3.56. The van der Waals surface area contributed by atoms with Gasteiger partial charge in [0.1, 0.15) is 35.8 Å². The number of fused-ring (bicyclic) bond motifs is 1. The van der Waals surface area contributed by atoms with E-state index in [9.17, 15) is 10.1 Å². The van der Waals surface area contributed by atoms with Crippen LogP contribution >= 0.6 is 0 Å². The first-order valence-corrected chi connectivity index (χ1v) is 14.1. The minimum atomic E-state index is -0.538. The summed E-state index contributed by atoms with van der Waals surface area (Å²) in [5.41, 5.74) is 2.04. The average molecular weight is 535 g/mol. The molecule has 0 amide bonds. The zero-order valence-electron chi connectivity index (χ0n) is 21.4. The second-order valence-electron chi connectivity index (χ2n) is 9.31. The highest BCUT2D eigenvalue weighted by atomic mass is 32.2. The monoisotopic (exact) mass is 534 g/mol. The van der Waals surface area contributed by atoms with E-state index in [1.165, 1.54) is 19.5 Å². The maximum atomic E-state index is 11.6. The number of nitriles is 1. The van der Waals surface area contributed by atoms with Gasteiger partial charge in [-0.15, -0.1) is 0 Å². The summed E-state index contributed by atoms with van der Waals surface area (Å²) in [6.07, 6.45) is 14.8. The van der Waals surface area contributed by atoms with Crippen LogP contribution in [0.3, 0.4) is 0 Å². The zero-order chi connectivity index (χ0) is 26.7. The summed E-state index contributed by atoms with van der Waals surface area (Å²) in [5, 5.41) is 15.1. The van der Waals surface area contributed by atoms with Crippen LogP contribution in [0.5, 0.6) is 0 Å². The van der Waals surface area contributed by atoms with Crippen molar-refractivity contribution < 1.29 is 14.3 Å². The molecule has 4 aromatic rings. The van der Waals surface area contributed by atoms with Gasteiger partial charge in [-0.3, -0.25) is 4.68 Å². The van der Waals surface area contributed by atoms with Crippen molar-refractivity contribution in [2.45, 2.75) is 18.7 Å². The number of hydrogen-bond acceptors (Lipinski definition) is 10. The number of aromatic nitrogens is 7. The normalized spacial score (nSPS) is 14.4. The van der Waals surface area contributed by atoms with Gasteiger partial charge in [0.15, 0.2) is 5.69 Å². The summed E-state index contributed by atoms with van der Waals surface area (Å²) >= 11 is 0. The van der Waals surface area contributed by atoms with Crippen molar-refractivity contribution in [2.75, 3.05) is 50.0 Å². The van der Waals surface area contributed by atoms with Crippen LogP contribution in [0.2, 0.25) is 0 Å². The van der Waals surface area contributed by atoms with Crippen molar-refractivity contribution in [3.63, 3.8) is 0 Å². The molecule has 12 nitrogen and oxygen atoms in total. The lowest BCUT2D eigenvalue weighted by atomic mass is 9.87. The van der Waals surface area contributed by atoms with Gasteiger partial charge >= 0.3 is 5.97 Å². The summed E-state index contributed by atoms with van der Waals surface area (Å²) in [4.78, 5) is 31.1. The molecule has 0 atom stereocenters. The minimum Gasteiger partial charge on any atom is -0.464 e. The molecule has 5 rings (SSSR count). The van der Waals surface area contributed by atoms with E-state index >= 15 is 0 Å². The smallest absolute Gasteiger partial charge is 0.358 e. The highest BCUT2D eigenvalue weighted by molar-refractivity contribution is 7.95. The second kappa shape index (κ2) is 10.8. The number of esters is 1. The standard InChI is InChI=1S/C25H28N9O3S/c1-36-24(35)20-11-28-21(12-27-20)33-14-25(15-33,5-6-26)34-13-18(10-31-34)22-19-4-7-32(23(19)30-16-29-22)17-37-8-9-38(2)3/h4,7,10-13,16H,5,8-9,14-15,17H2,1-3H3/q+1. The Hall–Kier alpha value is -4.02. The summed E-state index contributed by atoms with van der Waals surface area (Å²) in [6, 6.07) is 4.29. The fourth-order valence-corrected chi connectivity index (χ4v) is 4.89. The highest BCUT2D eigenvalue weighted by Crippen LogP contribution is 2.36. The molecule has 0 unspecified atom stereocenters. The molecule has 0 radical (unpaired) electrons. The second-order valence-corrected chi connectivity index (χ2v) is 11.7. The molecular formula is C25H28N9O3S+. The summed E-state index contributed by atoms with van der Waals surface area (Å²) < 4.78 is 14.3. The van der Waals surface area contributed by atoms with Crippen molar-refractivity contribution in [1.82, 2.24) is 34.3 Å². The number of methoxy groups -OCH3 is 1. The van der Waals surface area contributed by atoms with Gasteiger partial charge in [0.2, 0.25) is 0 Å². The number of carbonyl (C=O) groups is 1. The molecule has 0 bridgehead atoms. The van der Waals surface area contributed by atoms with Crippen molar-refractivity contribution >= 4 is 33.7 Å². The maximum absolute atomic E-state index is 11.6. The van der Waals surface area contributed by atoms with Crippen molar-refractivity contribution in [2.24, 2.45) is 0 Å². The molecule has 38 heavy (non-hydrogen) atoms. The van der Waals surface area contributed by atoms with E-state index in [-0.39, 0.29) is 12.1 Å². The van der Waals surface area contributed by atoms with E-state index < -0.39 is 11.5 Å². The van der Waals surface area contributed by atoms with Crippen LogP contribution < -0.4 is 4.90 Å². The summed E-state index contributed by atoms with van der Waals surface area (Å²) in [7, 11) is 1.64. The zero-order valence-corrected chi connectivity index (χ0v) is 22.3. The molecule has 1 aliphatic rings. The SMILES string of the molecule is COC(=O)c1cnc(N2CC(CC#N)(n3cc(-c4ncnc5c4ccn5COCC[S+](C)C)cn3)C2)cn1. The Bertz CT molecular complexity index is 1470. The van der Waals surface area contributed by atoms with Crippen LogP contribution in [-0.4, -0.2) is 85.3 Å². The molecule has 1 fully saturated rings. The number of carbonyl (C=O) groups excluding carboxylic acids is 1. The lowest BCUT2D eigenvalue weighted by Crippen LogP contribution is -2.63. The number of ether oxygens (including phenoxy) is 2. The predicted molar refractivity (Wildman–Crippen MR) is 143 cm³/mol. The Balaban J connectivity index is 1.33. The first-order chi connectivity index (χ1) is 18.4. The van der Waals surface area contributed by atoms with E-state index in [1.807, 2.05) is 32.6 Å². The van der Waals surface area contributed by atoms with Crippen molar-refractivity contribution in [1.29, 1.82) is 5.26 Å². The van der Waals surface area contributed by atoms with Crippen LogP contribution in [0.4, 0.5) is 5.82 Å². The molecule has 1 aliphatic heterocycles. The van der Waals surface area contributed by atoms with Crippen LogP contribution in [0.15, 0.2) is 43.4 Å². The lowest BCUT2D eigenvalue weighted by Gasteiger charge is -2.49. The van der Waals surface area contributed by atoms with Crippen molar-refractivity contribution in [3.8, 4) is 17.3 Å². The van der Waals surface area contributed by atoms with E-state index in [2.05, 4.69) is 48.4 Å². The first kappa shape index (κ1) is 25.6. The van der Waals surface area contributed by atoms with Crippen LogP contribution in [0.25, 0.3) is 22.3 Å². The molecule has 196 valence electrons. The molecule has 13 heteroatoms. The number of nitrogens with zero attached hydrogens (tertiary/aromatic N) is 9. The topological polar surface area (TPSA) is 137 Å². The third-order valence-electron chi connectivity index (χ3n) is 6.50. The maximum Gasteiger partial charge on any atom is 0.358 e. The number of hydrogen-bond donors (Lipinski definition) is 0. The minimum absolute atomic E-state index is 0.143. The molecule has 1 saturated heterocycles. The fourth-order valence-electron chi connectivity index (χ4n) is 4.44. The molecule has 0 aromatic carbocycles. The van der Waals surface area contributed by atoms with Gasteiger partial charge in [0.05, 0.1) is 63.0 Å². The van der Waals surface area contributed by atoms with Gasteiger partial charge in [0.25, 0.3) is 0 Å². The van der Waals surface area contributed by atoms with E-state index in [4.69, 9.17) is 4.74 Å². The molecule has 0 N–H and O–H groups in total. The van der Waals surface area contributed by atoms with E-state index in [1.54, 1.807) is 12.5 Å². The third kappa shape index (κ3) is 4.92. The van der Waals surface area contributed by atoms with Crippen LogP contribution in [-0.2, 0) is 32.6 Å². The van der Waals surface area contributed by atoms with Gasteiger partial charge in [-0.2, -0.15) is 10.4 Å². The summed E-state index contributed by atoms with van der Waals surface area (Å²) in [6.45, 7) is 2.19. The predicted octanol–water partition coefficient (Wildman–Crippen LogP) is 1.85. The molecule has 0 saturated carbocycles. The Kier molecular flexibility index (Phi) is 7.26. The molecular weight excluding hydrogens is 506 g/mol. The third-order valence-corrected chi connectivity index (χ3v) is 7.48. The van der Waals surface area contributed by atoms with Gasteiger partial charge in [0, 0.05) is 36.4 Å². The van der Waals surface area contributed by atoms with E-state index in [0.717, 1.165) is 28.0 Å². The van der Waals surface area contributed by atoms with Gasteiger partial charge < -0.3 is 18.9 Å². The summed E-state index contributed by atoms with van der Waals surface area (Å²) in [5.74, 6) is 1.11. The number of rotatable bonds is 10. The Morgan fingerprint density at radius 1 is 1.18 bits per heavy atom. The van der Waals surface area contributed by atoms with Gasteiger partial charge in [-0.05, 0) is 17.0 Å². The van der Waals surface area contributed by atoms with Crippen LogP contribution in [0, 0.1) is 11.3 Å². The number of anilines is 1. The fraction of sp³-hybridized carbons (Fsp3) is 0.400. The molecule has 0 aliphatic carbocycles. The highest BCUT2D eigenvalue weighted by Gasteiger charge is 2.46. The Morgan fingerprint density at radius 2 is 2.03 bits per heavy atom. The Morgan fingerprint density at radius 3 is 2.74 bits per heavy atom. The quantitative estimate of drug-likeness (QED) is 0.168. The van der Waals surface area contributed by atoms with Crippen LogP contribution in [0.1, 0.15) is 16.9 Å². The van der Waals surface area contributed by atoms with Gasteiger partial charge in [-0.25, -0.2) is 24.7 Å². The molecule has 5 heterocycles. The molecule has 0 spiro atoms. The molecule has 4 aromatic heterocycles.